The van der Waals surface area contributed by atoms with Gasteiger partial charge in [0.2, 0.25) is 0 Å². The predicted molar refractivity (Wildman–Crippen MR) is 102 cm³/mol. The molecule has 0 rings (SSSR count). The fraction of sp³-hybridized carbons (Fsp3) is 0.947. The molecule has 0 aromatic carbocycles. The van der Waals surface area contributed by atoms with Gasteiger partial charge in [-0.1, -0.05) is 89.8 Å². The average molecular weight is 347 g/mol. The minimum Gasteiger partial charge on any atom is -0.394 e. The SMILES string of the molecule is CCCCCCCCCCCCCCOC(C(C)=S)C(O)CO. The van der Waals surface area contributed by atoms with Crippen LogP contribution in [0.3, 0.4) is 0 Å². The second-order valence-electron chi connectivity index (χ2n) is 6.54. The van der Waals surface area contributed by atoms with E-state index in [1.807, 2.05) is 0 Å². The van der Waals surface area contributed by atoms with Gasteiger partial charge in [0.05, 0.1) is 6.61 Å². The Labute approximate surface area is 148 Å². The van der Waals surface area contributed by atoms with E-state index in [0.717, 1.165) is 12.8 Å². The smallest absolute Gasteiger partial charge is 0.116 e. The van der Waals surface area contributed by atoms with Crippen LogP contribution in [-0.2, 0) is 4.74 Å². The molecule has 0 heterocycles. The van der Waals surface area contributed by atoms with E-state index in [9.17, 15) is 5.11 Å². The zero-order chi connectivity index (χ0) is 17.3. The number of ether oxygens (including phenoxy) is 1. The van der Waals surface area contributed by atoms with Crippen LogP contribution in [0.4, 0.5) is 0 Å². The monoisotopic (exact) mass is 346 g/mol. The quantitative estimate of drug-likeness (QED) is 0.293. The molecule has 0 aliphatic heterocycles. The fourth-order valence-electron chi connectivity index (χ4n) is 2.75. The number of thiocarbonyl (C=S) groups is 1. The second kappa shape index (κ2) is 16.8. The van der Waals surface area contributed by atoms with E-state index >= 15 is 0 Å². The lowest BCUT2D eigenvalue weighted by Gasteiger charge is -2.21. The largest absolute Gasteiger partial charge is 0.394 e. The molecule has 0 bridgehead atoms. The summed E-state index contributed by atoms with van der Waals surface area (Å²) in [5.74, 6) is 0. The molecule has 0 saturated carbocycles. The molecular formula is C19H38O3S. The highest BCUT2D eigenvalue weighted by molar-refractivity contribution is 7.80. The number of aliphatic hydroxyl groups is 2. The van der Waals surface area contributed by atoms with Crippen molar-refractivity contribution in [2.75, 3.05) is 13.2 Å². The molecule has 2 unspecified atom stereocenters. The lowest BCUT2D eigenvalue weighted by atomic mass is 10.1. The minimum absolute atomic E-state index is 0.308. The molecule has 2 atom stereocenters. The zero-order valence-electron chi connectivity index (χ0n) is 15.3. The first kappa shape index (κ1) is 23.0. The Morgan fingerprint density at radius 2 is 1.30 bits per heavy atom. The van der Waals surface area contributed by atoms with Gasteiger partial charge < -0.3 is 14.9 Å². The molecule has 0 spiro atoms. The van der Waals surface area contributed by atoms with Gasteiger partial charge in [-0.05, 0) is 13.3 Å². The van der Waals surface area contributed by atoms with Crippen molar-refractivity contribution in [3.63, 3.8) is 0 Å². The summed E-state index contributed by atoms with van der Waals surface area (Å²) in [4.78, 5) is 0.602. The molecular weight excluding hydrogens is 308 g/mol. The number of unbranched alkanes of at least 4 members (excludes halogenated alkanes) is 11. The Balaban J connectivity index is 3.34. The van der Waals surface area contributed by atoms with Gasteiger partial charge in [0.15, 0.2) is 0 Å². The van der Waals surface area contributed by atoms with Crippen molar-refractivity contribution in [2.45, 2.75) is 103 Å². The van der Waals surface area contributed by atoms with Gasteiger partial charge in [-0.2, -0.15) is 0 Å². The molecule has 2 N–H and O–H groups in total. The Morgan fingerprint density at radius 1 is 0.870 bits per heavy atom. The molecule has 3 nitrogen and oxygen atoms in total. The van der Waals surface area contributed by atoms with E-state index in [4.69, 9.17) is 22.1 Å². The van der Waals surface area contributed by atoms with Crippen LogP contribution < -0.4 is 0 Å². The molecule has 0 fully saturated rings. The maximum atomic E-state index is 9.62. The third-order valence-electron chi connectivity index (χ3n) is 4.23. The van der Waals surface area contributed by atoms with Gasteiger partial charge in [-0.15, -0.1) is 0 Å². The van der Waals surface area contributed by atoms with E-state index in [-0.39, 0.29) is 6.61 Å². The van der Waals surface area contributed by atoms with E-state index in [1.165, 1.54) is 64.2 Å². The van der Waals surface area contributed by atoms with E-state index < -0.39 is 12.2 Å². The molecule has 0 radical (unpaired) electrons. The second-order valence-corrected chi connectivity index (χ2v) is 7.19. The van der Waals surface area contributed by atoms with Crippen molar-refractivity contribution in [3.8, 4) is 0 Å². The summed E-state index contributed by atoms with van der Waals surface area (Å²) in [6.07, 6.45) is 14.4. The summed E-state index contributed by atoms with van der Waals surface area (Å²) < 4.78 is 5.60. The summed E-state index contributed by atoms with van der Waals surface area (Å²) in [6, 6.07) is 0. The summed E-state index contributed by atoms with van der Waals surface area (Å²) >= 11 is 5.06. The average Bonchev–Trinajstić information content (AvgIpc) is 2.54. The zero-order valence-corrected chi connectivity index (χ0v) is 16.1. The van der Waals surface area contributed by atoms with Crippen LogP contribution in [0, 0.1) is 0 Å². The van der Waals surface area contributed by atoms with Gasteiger partial charge in [-0.3, -0.25) is 0 Å². The van der Waals surface area contributed by atoms with Gasteiger partial charge in [0.25, 0.3) is 0 Å². The Morgan fingerprint density at radius 3 is 1.70 bits per heavy atom. The van der Waals surface area contributed by atoms with E-state index in [2.05, 4.69) is 6.92 Å². The number of hydrogen-bond donors (Lipinski definition) is 2. The van der Waals surface area contributed by atoms with Gasteiger partial charge in [0.1, 0.15) is 12.2 Å². The third-order valence-corrected chi connectivity index (χ3v) is 4.46. The standard InChI is InChI=1S/C19H38O3S/c1-3-4-5-6-7-8-9-10-11-12-13-14-15-22-19(17(2)23)18(21)16-20/h18-21H,3-16H2,1-2H3. The first-order chi connectivity index (χ1) is 11.1. The van der Waals surface area contributed by atoms with Gasteiger partial charge >= 0.3 is 0 Å². The van der Waals surface area contributed by atoms with Crippen LogP contribution in [0.1, 0.15) is 90.9 Å². The van der Waals surface area contributed by atoms with Crippen LogP contribution in [0.2, 0.25) is 0 Å². The number of aliphatic hydroxyl groups excluding tert-OH is 2. The first-order valence-electron chi connectivity index (χ1n) is 9.54. The molecule has 23 heavy (non-hydrogen) atoms. The Kier molecular flexibility index (Phi) is 16.8. The Bertz CT molecular complexity index is 271. The summed E-state index contributed by atoms with van der Waals surface area (Å²) in [5, 5.41) is 18.6. The normalized spacial score (nSPS) is 13.9. The van der Waals surface area contributed by atoms with E-state index in [1.54, 1.807) is 6.92 Å². The molecule has 0 aromatic heterocycles. The van der Waals surface area contributed by atoms with Crippen LogP contribution in [0.5, 0.6) is 0 Å². The summed E-state index contributed by atoms with van der Waals surface area (Å²) in [7, 11) is 0. The summed E-state index contributed by atoms with van der Waals surface area (Å²) in [6.45, 7) is 4.31. The van der Waals surface area contributed by atoms with Crippen molar-refractivity contribution >= 4 is 17.1 Å². The van der Waals surface area contributed by atoms with E-state index in [0.29, 0.717) is 11.5 Å². The maximum absolute atomic E-state index is 9.62. The maximum Gasteiger partial charge on any atom is 0.116 e. The molecule has 138 valence electrons. The topological polar surface area (TPSA) is 49.7 Å². The fourth-order valence-corrected chi connectivity index (χ4v) is 2.97. The van der Waals surface area contributed by atoms with Crippen molar-refractivity contribution in [2.24, 2.45) is 0 Å². The molecule has 0 amide bonds. The number of rotatable bonds is 17. The van der Waals surface area contributed by atoms with Crippen molar-refractivity contribution < 1.29 is 14.9 Å². The highest BCUT2D eigenvalue weighted by Crippen LogP contribution is 2.12. The van der Waals surface area contributed by atoms with Crippen molar-refractivity contribution in [3.05, 3.63) is 0 Å². The first-order valence-corrected chi connectivity index (χ1v) is 9.95. The highest BCUT2D eigenvalue weighted by Gasteiger charge is 2.20. The molecule has 4 heteroatoms. The van der Waals surface area contributed by atoms with Gasteiger partial charge in [-0.25, -0.2) is 0 Å². The molecule has 0 saturated heterocycles. The van der Waals surface area contributed by atoms with Crippen LogP contribution >= 0.6 is 12.2 Å². The Hall–Kier alpha value is -0.0300. The molecule has 0 aliphatic rings. The predicted octanol–water partition coefficient (Wildman–Crippen LogP) is 4.82. The van der Waals surface area contributed by atoms with Crippen molar-refractivity contribution in [1.82, 2.24) is 0 Å². The van der Waals surface area contributed by atoms with Crippen LogP contribution in [-0.4, -0.2) is 40.5 Å². The minimum atomic E-state index is -0.898. The lowest BCUT2D eigenvalue weighted by molar-refractivity contribution is -0.0241. The number of hydrogen-bond acceptors (Lipinski definition) is 4. The van der Waals surface area contributed by atoms with Crippen LogP contribution in [0.25, 0.3) is 0 Å². The van der Waals surface area contributed by atoms with Gasteiger partial charge in [0, 0.05) is 11.5 Å². The van der Waals surface area contributed by atoms with Crippen molar-refractivity contribution in [1.29, 1.82) is 0 Å². The highest BCUT2D eigenvalue weighted by atomic mass is 32.1. The molecule has 0 aromatic rings. The third kappa shape index (κ3) is 14.1. The molecule has 0 aliphatic carbocycles. The summed E-state index contributed by atoms with van der Waals surface area (Å²) in [5.41, 5.74) is 0. The lowest BCUT2D eigenvalue weighted by Crippen LogP contribution is -2.37. The van der Waals surface area contributed by atoms with Crippen LogP contribution in [0.15, 0.2) is 0 Å².